The Labute approximate surface area is 114 Å². The topological polar surface area (TPSA) is 69.0 Å². The van der Waals surface area contributed by atoms with Crippen LogP contribution < -0.4 is 11.3 Å². The van der Waals surface area contributed by atoms with Crippen molar-refractivity contribution in [2.45, 2.75) is 32.9 Å². The lowest BCUT2D eigenvalue weighted by atomic mass is 10.1. The molecule has 0 aliphatic rings. The summed E-state index contributed by atoms with van der Waals surface area (Å²) in [5.74, 6) is 5.62. The van der Waals surface area contributed by atoms with Crippen LogP contribution in [-0.2, 0) is 13.0 Å². The fraction of sp³-hybridized carbons (Fsp3) is 0.417. The maximum absolute atomic E-state index is 5.62. The highest BCUT2D eigenvalue weighted by Gasteiger charge is 2.18. The number of nitrogens with two attached hydrogens (primary N) is 1. The van der Waals surface area contributed by atoms with E-state index in [9.17, 15) is 0 Å². The molecule has 18 heavy (non-hydrogen) atoms. The zero-order chi connectivity index (χ0) is 13.1. The summed E-state index contributed by atoms with van der Waals surface area (Å²) in [7, 11) is 0. The molecular weight excluding hydrogens is 296 g/mol. The van der Waals surface area contributed by atoms with Crippen LogP contribution >= 0.6 is 15.9 Å². The molecule has 1 atom stereocenters. The molecule has 0 bridgehead atoms. The molecule has 0 amide bonds. The van der Waals surface area contributed by atoms with Crippen LogP contribution in [0, 0.1) is 6.92 Å². The van der Waals surface area contributed by atoms with Gasteiger partial charge >= 0.3 is 0 Å². The average molecular weight is 313 g/mol. The molecule has 2 heterocycles. The molecule has 5 nitrogen and oxygen atoms in total. The van der Waals surface area contributed by atoms with Crippen molar-refractivity contribution >= 4 is 15.9 Å². The Hall–Kier alpha value is -1.11. The minimum atomic E-state index is 0.0152. The molecule has 1 unspecified atom stereocenters. The van der Waals surface area contributed by atoms with Gasteiger partial charge in [-0.3, -0.25) is 16.0 Å². The predicted octanol–water partition coefficient (Wildman–Crippen LogP) is 2.31. The van der Waals surface area contributed by atoms with Gasteiger partial charge in [-0.1, -0.05) is 0 Å². The molecule has 98 valence electrons. The van der Waals surface area contributed by atoms with Crippen LogP contribution in [0.15, 0.2) is 27.5 Å². The standard InChI is InChI=1S/C12H17BrN4O/c1-3-17-11(12(13)8(2)16-17)6-10(15-14)9-4-5-18-7-9/h4-5,7,10,15H,3,6,14H2,1-2H3. The average Bonchev–Trinajstić information content (AvgIpc) is 2.98. The molecule has 0 aliphatic heterocycles. The van der Waals surface area contributed by atoms with E-state index in [1.807, 2.05) is 17.7 Å². The number of rotatable bonds is 5. The molecule has 2 rings (SSSR count). The smallest absolute Gasteiger partial charge is 0.0951 e. The van der Waals surface area contributed by atoms with Crippen LogP contribution in [0.1, 0.15) is 29.9 Å². The summed E-state index contributed by atoms with van der Waals surface area (Å²) in [6.07, 6.45) is 4.11. The lowest BCUT2D eigenvalue weighted by Gasteiger charge is -2.15. The van der Waals surface area contributed by atoms with E-state index < -0.39 is 0 Å². The first kappa shape index (κ1) is 13.3. The molecule has 0 saturated carbocycles. The number of hydrogen-bond acceptors (Lipinski definition) is 4. The van der Waals surface area contributed by atoms with Crippen LogP contribution in [0.2, 0.25) is 0 Å². The number of hydrogen-bond donors (Lipinski definition) is 2. The Morgan fingerprint density at radius 2 is 2.39 bits per heavy atom. The van der Waals surface area contributed by atoms with Gasteiger partial charge in [0, 0.05) is 18.5 Å². The van der Waals surface area contributed by atoms with E-state index in [0.29, 0.717) is 0 Å². The zero-order valence-electron chi connectivity index (χ0n) is 10.5. The summed E-state index contributed by atoms with van der Waals surface area (Å²) >= 11 is 3.59. The lowest BCUT2D eigenvalue weighted by molar-refractivity contribution is 0.503. The van der Waals surface area contributed by atoms with E-state index in [-0.39, 0.29) is 6.04 Å². The number of aromatic nitrogens is 2. The van der Waals surface area contributed by atoms with Crippen molar-refractivity contribution < 1.29 is 4.42 Å². The van der Waals surface area contributed by atoms with Crippen molar-refractivity contribution in [3.8, 4) is 0 Å². The third kappa shape index (κ3) is 2.50. The Kier molecular flexibility index (Phi) is 4.21. The highest BCUT2D eigenvalue weighted by atomic mass is 79.9. The fourth-order valence-corrected chi connectivity index (χ4v) is 2.45. The Morgan fingerprint density at radius 1 is 1.61 bits per heavy atom. The van der Waals surface area contributed by atoms with Gasteiger partial charge in [-0.2, -0.15) is 5.10 Å². The summed E-state index contributed by atoms with van der Waals surface area (Å²) < 4.78 is 8.14. The summed E-state index contributed by atoms with van der Waals surface area (Å²) in [6.45, 7) is 4.90. The largest absolute Gasteiger partial charge is 0.472 e. The molecule has 0 spiro atoms. The van der Waals surface area contributed by atoms with Crippen molar-refractivity contribution in [3.05, 3.63) is 40.0 Å². The number of nitrogens with one attached hydrogen (secondary N) is 1. The van der Waals surface area contributed by atoms with Gasteiger partial charge in [0.1, 0.15) is 0 Å². The van der Waals surface area contributed by atoms with Gasteiger partial charge in [0.15, 0.2) is 0 Å². The van der Waals surface area contributed by atoms with Crippen molar-refractivity contribution in [1.82, 2.24) is 15.2 Å². The molecule has 6 heteroatoms. The highest BCUT2D eigenvalue weighted by molar-refractivity contribution is 9.10. The minimum absolute atomic E-state index is 0.0152. The first-order valence-corrected chi connectivity index (χ1v) is 6.66. The third-order valence-electron chi connectivity index (χ3n) is 3.00. The highest BCUT2D eigenvalue weighted by Crippen LogP contribution is 2.26. The third-order valence-corrected chi connectivity index (χ3v) is 4.03. The van der Waals surface area contributed by atoms with E-state index in [1.54, 1.807) is 12.5 Å². The molecule has 0 saturated heterocycles. The minimum Gasteiger partial charge on any atom is -0.472 e. The quantitative estimate of drug-likeness (QED) is 0.656. The van der Waals surface area contributed by atoms with Gasteiger partial charge < -0.3 is 4.42 Å². The molecule has 2 aromatic heterocycles. The van der Waals surface area contributed by atoms with Crippen LogP contribution in [0.3, 0.4) is 0 Å². The number of hydrazine groups is 1. The summed E-state index contributed by atoms with van der Waals surface area (Å²) in [5, 5.41) is 4.48. The molecule has 2 aromatic rings. The molecule has 0 fully saturated rings. The molecule has 0 aromatic carbocycles. The van der Waals surface area contributed by atoms with E-state index in [0.717, 1.165) is 34.4 Å². The molecular formula is C12H17BrN4O. The maximum atomic E-state index is 5.62. The van der Waals surface area contributed by atoms with Gasteiger partial charge in [0.25, 0.3) is 0 Å². The van der Waals surface area contributed by atoms with Crippen molar-refractivity contribution in [2.24, 2.45) is 5.84 Å². The van der Waals surface area contributed by atoms with Crippen molar-refractivity contribution in [3.63, 3.8) is 0 Å². The number of aryl methyl sites for hydroxylation is 2. The lowest BCUT2D eigenvalue weighted by Crippen LogP contribution is -2.30. The number of nitrogens with zero attached hydrogens (tertiary/aromatic N) is 2. The SMILES string of the molecule is CCn1nc(C)c(Br)c1CC(NN)c1ccoc1. The van der Waals surface area contributed by atoms with Crippen LogP contribution in [0.25, 0.3) is 0 Å². The van der Waals surface area contributed by atoms with Gasteiger partial charge in [0.2, 0.25) is 0 Å². The fourth-order valence-electron chi connectivity index (χ4n) is 2.00. The molecule has 0 aliphatic carbocycles. The van der Waals surface area contributed by atoms with Gasteiger partial charge in [-0.15, -0.1) is 0 Å². The Morgan fingerprint density at radius 3 is 2.94 bits per heavy atom. The second kappa shape index (κ2) is 5.69. The van der Waals surface area contributed by atoms with E-state index in [4.69, 9.17) is 10.3 Å². The maximum Gasteiger partial charge on any atom is 0.0951 e. The Bertz CT molecular complexity index is 506. The zero-order valence-corrected chi connectivity index (χ0v) is 12.1. The second-order valence-electron chi connectivity index (χ2n) is 4.14. The van der Waals surface area contributed by atoms with Crippen molar-refractivity contribution in [2.75, 3.05) is 0 Å². The van der Waals surface area contributed by atoms with E-state index in [1.165, 1.54) is 0 Å². The van der Waals surface area contributed by atoms with Crippen LogP contribution in [0.4, 0.5) is 0 Å². The van der Waals surface area contributed by atoms with Crippen molar-refractivity contribution in [1.29, 1.82) is 0 Å². The van der Waals surface area contributed by atoms with E-state index >= 15 is 0 Å². The molecule has 0 radical (unpaired) electrons. The Balaban J connectivity index is 2.27. The monoisotopic (exact) mass is 312 g/mol. The van der Waals surface area contributed by atoms with Crippen LogP contribution in [-0.4, -0.2) is 9.78 Å². The van der Waals surface area contributed by atoms with Crippen LogP contribution in [0.5, 0.6) is 0 Å². The summed E-state index contributed by atoms with van der Waals surface area (Å²) in [6, 6.07) is 1.93. The van der Waals surface area contributed by atoms with Gasteiger partial charge in [0.05, 0.1) is 34.4 Å². The number of furan rings is 1. The molecule has 3 N–H and O–H groups in total. The van der Waals surface area contributed by atoms with Gasteiger partial charge in [-0.25, -0.2) is 0 Å². The first-order chi connectivity index (χ1) is 8.67. The first-order valence-electron chi connectivity index (χ1n) is 5.87. The second-order valence-corrected chi connectivity index (χ2v) is 4.93. The normalized spacial score (nSPS) is 12.9. The van der Waals surface area contributed by atoms with E-state index in [2.05, 4.69) is 33.4 Å². The predicted molar refractivity (Wildman–Crippen MR) is 72.8 cm³/mol. The van der Waals surface area contributed by atoms with Gasteiger partial charge in [-0.05, 0) is 35.8 Å². The number of halogens is 1. The summed E-state index contributed by atoms with van der Waals surface area (Å²) in [4.78, 5) is 0. The summed E-state index contributed by atoms with van der Waals surface area (Å²) in [5.41, 5.74) is 5.99.